The van der Waals surface area contributed by atoms with Crippen LogP contribution in [-0.4, -0.2) is 127 Å². The molecule has 4 aliphatic rings. The lowest BCUT2D eigenvalue weighted by Gasteiger charge is -2.42. The van der Waals surface area contributed by atoms with Crippen LogP contribution in [-0.2, 0) is 56.7 Å². The van der Waals surface area contributed by atoms with Gasteiger partial charge >= 0.3 is 13.6 Å². The highest BCUT2D eigenvalue weighted by atomic mass is 31.2. The van der Waals surface area contributed by atoms with Gasteiger partial charge in [-0.25, -0.2) is 15.8 Å². The van der Waals surface area contributed by atoms with Crippen LogP contribution in [0.2, 0.25) is 0 Å². The fraction of sp³-hybridized carbons (Fsp3) is 0.745. The number of ketones is 3. The van der Waals surface area contributed by atoms with Crippen molar-refractivity contribution in [3.05, 3.63) is 47.6 Å². The van der Waals surface area contributed by atoms with Crippen LogP contribution in [0.5, 0.6) is 0 Å². The molecule has 6 N–H and O–H groups in total. The van der Waals surface area contributed by atoms with Crippen molar-refractivity contribution in [1.29, 1.82) is 0 Å². The minimum Gasteiger partial charge on any atom is -0.460 e. The second-order valence-corrected chi connectivity index (χ2v) is 21.8. The lowest BCUT2D eigenvalue weighted by atomic mass is 9.78. The van der Waals surface area contributed by atoms with Crippen LogP contribution in [0.15, 0.2) is 47.6 Å². The molecule has 15 atom stereocenters. The first kappa shape index (κ1) is 58.4. The zero-order valence-electron chi connectivity index (χ0n) is 42.6. The molecule has 0 aromatic rings. The number of ether oxygens (including phenoxy) is 5. The van der Waals surface area contributed by atoms with Gasteiger partial charge in [-0.1, -0.05) is 71.1 Å². The average Bonchev–Trinajstić information content (AvgIpc) is 3.30. The molecule has 1 aliphatic carbocycles. The van der Waals surface area contributed by atoms with Crippen LogP contribution in [0.25, 0.3) is 0 Å². The molecule has 2 bridgehead atoms. The number of rotatable bonds is 8. The Hall–Kier alpha value is -3.22. The SMILES string of the molecule is CO[C@H]1C[C@@H]2CC[C@@H](C)C(O)(O2)C(=O)C(=O)N2CCCCC2C(=O)O[C@H]([C@H](C)C[C@@H]2CC[C@@H](OP(N)(N)=O)[C@H](OC)C2)CC(=O)[C@H](C)/C=C(\C)[C@@H](O)[C@@H](OC)C(=O)[C@H](C)C[C@H](C)/C=C/C=CC=C1C. The zero-order chi connectivity index (χ0) is 51.4. The third kappa shape index (κ3) is 16.1. The van der Waals surface area contributed by atoms with Crippen LogP contribution in [0.4, 0.5) is 0 Å². The number of allylic oxidation sites excluding steroid dienone is 6. The van der Waals surface area contributed by atoms with E-state index in [1.54, 1.807) is 40.9 Å². The predicted molar refractivity (Wildman–Crippen MR) is 260 cm³/mol. The quantitative estimate of drug-likeness (QED) is 0.0910. The summed E-state index contributed by atoms with van der Waals surface area (Å²) < 4.78 is 47.1. The number of hydrogen-bond donors (Lipinski definition) is 4. The number of esters is 1. The molecule has 390 valence electrons. The maximum atomic E-state index is 14.5. The normalized spacial score (nSPS) is 37.8. The highest BCUT2D eigenvalue weighted by Crippen LogP contribution is 2.41. The van der Waals surface area contributed by atoms with Gasteiger partial charge in [0.1, 0.15) is 30.1 Å². The van der Waals surface area contributed by atoms with Crippen molar-refractivity contribution in [2.75, 3.05) is 27.9 Å². The Balaban J connectivity index is 1.70. The van der Waals surface area contributed by atoms with E-state index in [0.717, 1.165) is 5.57 Å². The molecule has 0 radical (unpaired) electrons. The summed E-state index contributed by atoms with van der Waals surface area (Å²) in [4.78, 5) is 72.1. The van der Waals surface area contributed by atoms with Gasteiger partial charge in [-0.05, 0) is 107 Å². The molecule has 3 aliphatic heterocycles. The fourth-order valence-electron chi connectivity index (χ4n) is 10.4. The molecular formula is C51H82N3O14P. The number of nitrogens with two attached hydrogens (primary N) is 2. The minimum atomic E-state index is -3.79. The van der Waals surface area contributed by atoms with E-state index in [1.165, 1.54) is 19.1 Å². The number of aliphatic hydroxyl groups is 2. The van der Waals surface area contributed by atoms with Crippen LogP contribution < -0.4 is 11.0 Å². The molecule has 2 saturated heterocycles. The van der Waals surface area contributed by atoms with Crippen molar-refractivity contribution in [1.82, 2.24) is 4.90 Å². The first-order valence-corrected chi connectivity index (χ1v) is 26.5. The summed E-state index contributed by atoms with van der Waals surface area (Å²) >= 11 is 0. The molecular weight excluding hydrogens is 910 g/mol. The van der Waals surface area contributed by atoms with Gasteiger partial charge in [0.2, 0.25) is 5.79 Å². The molecule has 2 unspecified atom stereocenters. The van der Waals surface area contributed by atoms with Crippen molar-refractivity contribution >= 4 is 36.9 Å². The summed E-state index contributed by atoms with van der Waals surface area (Å²) in [6, 6.07) is -1.18. The summed E-state index contributed by atoms with van der Waals surface area (Å²) in [6.07, 6.45) is 10.2. The average molecular weight is 992 g/mol. The number of cyclic esters (lactones) is 1. The molecule has 0 spiro atoms. The Morgan fingerprint density at radius 1 is 0.870 bits per heavy atom. The smallest absolute Gasteiger partial charge is 0.335 e. The Bertz CT molecular complexity index is 1950. The predicted octanol–water partition coefficient (Wildman–Crippen LogP) is 6.23. The maximum absolute atomic E-state index is 14.5. The van der Waals surface area contributed by atoms with Crippen molar-refractivity contribution in [3.8, 4) is 0 Å². The molecule has 4 rings (SSSR count). The molecule has 1 amide bonds. The highest BCUT2D eigenvalue weighted by Gasteiger charge is 2.53. The van der Waals surface area contributed by atoms with E-state index in [4.69, 9.17) is 39.2 Å². The number of nitrogens with zero attached hydrogens (tertiary/aromatic N) is 1. The van der Waals surface area contributed by atoms with E-state index < -0.39 is 104 Å². The van der Waals surface area contributed by atoms with E-state index in [9.17, 15) is 38.8 Å². The largest absolute Gasteiger partial charge is 0.460 e. The number of fused-ring (bicyclic) bond motifs is 3. The molecule has 69 heavy (non-hydrogen) atoms. The maximum Gasteiger partial charge on any atom is 0.335 e. The molecule has 0 aromatic heterocycles. The summed E-state index contributed by atoms with van der Waals surface area (Å²) in [5.74, 6) is -8.41. The molecule has 17 nitrogen and oxygen atoms in total. The van der Waals surface area contributed by atoms with Gasteiger partial charge in [0, 0.05) is 58.5 Å². The van der Waals surface area contributed by atoms with Crippen LogP contribution in [0.1, 0.15) is 126 Å². The Morgan fingerprint density at radius 3 is 2.23 bits per heavy atom. The molecule has 18 heteroatoms. The zero-order valence-corrected chi connectivity index (χ0v) is 43.5. The van der Waals surface area contributed by atoms with Crippen molar-refractivity contribution in [2.45, 2.75) is 180 Å². The van der Waals surface area contributed by atoms with Crippen molar-refractivity contribution < 1.29 is 67.0 Å². The van der Waals surface area contributed by atoms with Crippen LogP contribution in [0, 0.1) is 35.5 Å². The molecule has 3 fully saturated rings. The van der Waals surface area contributed by atoms with Gasteiger partial charge in [0.25, 0.3) is 11.7 Å². The monoisotopic (exact) mass is 992 g/mol. The van der Waals surface area contributed by atoms with E-state index in [0.29, 0.717) is 69.8 Å². The van der Waals surface area contributed by atoms with E-state index in [2.05, 4.69) is 0 Å². The second kappa shape index (κ2) is 26.5. The van der Waals surface area contributed by atoms with Gasteiger partial charge in [0.15, 0.2) is 5.78 Å². The van der Waals surface area contributed by atoms with Crippen molar-refractivity contribution in [2.24, 2.45) is 46.5 Å². The Labute approximate surface area is 409 Å². The van der Waals surface area contributed by atoms with Crippen molar-refractivity contribution in [3.63, 3.8) is 0 Å². The minimum absolute atomic E-state index is 0.00261. The lowest BCUT2D eigenvalue weighted by Crippen LogP contribution is -2.61. The standard InChI is InChI=1S/C51H82N3O14P/c1-30-16-12-11-13-17-31(2)42(63-8)28-38-21-19-36(7)51(61,67-38)48(58)49(59)54-23-15-14-18-39(54)50(60)66-43(33(4)26-37-20-22-41(44(27-37)64-9)68-69(52,53)62)29-40(55)32(3)25-35(6)46(57)47(65-10)45(56)34(5)24-30/h11-13,16-17,25,30,32-34,36-39,41-44,46-47,57,61H,14-15,18-24,26-29H2,1-10H3,(H4,52,53,62)/b13-11?,16-12+,31-17?,35-25+/t30-,32-,33-,34-,36-,37+,38+,39?,41-,42+,43+,44-,46-,47+,51?/m1/s1. The fourth-order valence-corrected chi connectivity index (χ4v) is 11.1. The second-order valence-electron chi connectivity index (χ2n) is 20.3. The van der Waals surface area contributed by atoms with E-state index in [1.807, 2.05) is 51.2 Å². The summed E-state index contributed by atoms with van der Waals surface area (Å²) in [5.41, 5.74) is 12.3. The third-order valence-electron chi connectivity index (χ3n) is 14.8. The number of aliphatic hydroxyl groups excluding tert-OH is 1. The summed E-state index contributed by atoms with van der Waals surface area (Å²) in [5, 5.41) is 23.4. The number of piperidine rings is 1. The Morgan fingerprint density at radius 2 is 1.58 bits per heavy atom. The van der Waals surface area contributed by atoms with Crippen LogP contribution >= 0.6 is 7.67 Å². The highest BCUT2D eigenvalue weighted by molar-refractivity contribution is 7.53. The number of Topliss-reactive ketones (excluding diaryl/α,β-unsaturated/α-hetero) is 3. The lowest BCUT2D eigenvalue weighted by molar-refractivity contribution is -0.265. The van der Waals surface area contributed by atoms with Crippen LogP contribution in [0.3, 0.4) is 0 Å². The molecule has 3 heterocycles. The van der Waals surface area contributed by atoms with Gasteiger partial charge in [-0.3, -0.25) is 23.7 Å². The van der Waals surface area contributed by atoms with Gasteiger partial charge in [-0.15, -0.1) is 0 Å². The number of carbonyl (C=O) groups excluding carboxylic acids is 5. The number of hydrogen-bond acceptors (Lipinski definition) is 14. The summed E-state index contributed by atoms with van der Waals surface area (Å²) in [7, 11) is 0.659. The summed E-state index contributed by atoms with van der Waals surface area (Å²) in [6.45, 7) is 12.6. The molecule has 0 aromatic carbocycles. The van der Waals surface area contributed by atoms with E-state index >= 15 is 0 Å². The molecule has 1 saturated carbocycles. The third-order valence-corrected chi connectivity index (χ3v) is 15.4. The van der Waals surface area contributed by atoms with Gasteiger partial charge < -0.3 is 43.3 Å². The topological polar surface area (TPSA) is 254 Å². The number of methoxy groups -OCH3 is 3. The Kier molecular flexibility index (Phi) is 22.4. The van der Waals surface area contributed by atoms with Gasteiger partial charge in [-0.2, -0.15) is 0 Å². The number of carbonyl (C=O) groups is 5. The number of amides is 1. The van der Waals surface area contributed by atoms with E-state index in [-0.39, 0.29) is 42.8 Å². The van der Waals surface area contributed by atoms with Gasteiger partial charge in [0.05, 0.1) is 24.4 Å². The first-order valence-electron chi connectivity index (χ1n) is 24.8. The first-order chi connectivity index (χ1) is 32.4.